The molecule has 0 saturated heterocycles. The second-order valence-electron chi connectivity index (χ2n) is 6.06. The number of thioether (sulfide) groups is 1. The first-order chi connectivity index (χ1) is 9.03. The van der Waals surface area contributed by atoms with Gasteiger partial charge in [0.1, 0.15) is 5.01 Å². The van der Waals surface area contributed by atoms with Gasteiger partial charge in [-0.05, 0) is 38.1 Å². The molecule has 5 heteroatoms. The van der Waals surface area contributed by atoms with E-state index in [0.29, 0.717) is 16.7 Å². The Morgan fingerprint density at radius 3 is 2.84 bits per heavy atom. The van der Waals surface area contributed by atoms with Crippen LogP contribution in [0.2, 0.25) is 0 Å². The van der Waals surface area contributed by atoms with Crippen molar-refractivity contribution in [1.29, 1.82) is 0 Å². The van der Waals surface area contributed by atoms with Gasteiger partial charge >= 0.3 is 0 Å². The van der Waals surface area contributed by atoms with Crippen LogP contribution in [0.4, 0.5) is 0 Å². The predicted molar refractivity (Wildman–Crippen MR) is 84.0 cm³/mol. The van der Waals surface area contributed by atoms with Gasteiger partial charge < -0.3 is 5.32 Å². The van der Waals surface area contributed by atoms with Gasteiger partial charge in [0.25, 0.3) is 0 Å². The van der Waals surface area contributed by atoms with E-state index in [1.807, 2.05) is 18.7 Å². The molecule has 1 aliphatic carbocycles. The normalized spacial score (nSPS) is 26.5. The highest BCUT2D eigenvalue weighted by atomic mass is 32.2. The molecule has 1 saturated carbocycles. The first-order valence-corrected chi connectivity index (χ1v) is 8.92. The van der Waals surface area contributed by atoms with E-state index in [4.69, 9.17) is 0 Å². The summed E-state index contributed by atoms with van der Waals surface area (Å²) in [6, 6.07) is 0.579. The molecular formula is C14H25N3S2. The fourth-order valence-corrected chi connectivity index (χ4v) is 5.45. The molecule has 19 heavy (non-hydrogen) atoms. The van der Waals surface area contributed by atoms with Crippen molar-refractivity contribution in [2.24, 2.45) is 5.41 Å². The highest BCUT2D eigenvalue weighted by Gasteiger charge is 2.39. The molecular weight excluding hydrogens is 274 g/mol. The molecule has 1 aromatic heterocycles. The highest BCUT2D eigenvalue weighted by molar-refractivity contribution is 8.01. The lowest BCUT2D eigenvalue weighted by molar-refractivity contribution is 0.175. The van der Waals surface area contributed by atoms with E-state index in [9.17, 15) is 0 Å². The smallest absolute Gasteiger partial charge is 0.174 e. The Hall–Kier alpha value is -0.130. The van der Waals surface area contributed by atoms with Crippen molar-refractivity contribution in [1.82, 2.24) is 15.5 Å². The van der Waals surface area contributed by atoms with Crippen LogP contribution in [-0.2, 0) is 0 Å². The number of rotatable bonds is 5. The van der Waals surface area contributed by atoms with Crippen LogP contribution in [0, 0.1) is 12.3 Å². The van der Waals surface area contributed by atoms with E-state index in [1.165, 1.54) is 25.7 Å². The van der Waals surface area contributed by atoms with E-state index >= 15 is 0 Å². The maximum Gasteiger partial charge on any atom is 0.174 e. The molecule has 1 fully saturated rings. The summed E-state index contributed by atoms with van der Waals surface area (Å²) < 4.78 is 1.13. The third kappa shape index (κ3) is 3.92. The Labute approximate surface area is 125 Å². The van der Waals surface area contributed by atoms with Crippen LogP contribution in [0.1, 0.15) is 51.5 Å². The van der Waals surface area contributed by atoms with Gasteiger partial charge in [0.2, 0.25) is 0 Å². The lowest BCUT2D eigenvalue weighted by Crippen LogP contribution is -2.51. The van der Waals surface area contributed by atoms with Crippen molar-refractivity contribution < 1.29 is 0 Å². The van der Waals surface area contributed by atoms with Crippen LogP contribution < -0.4 is 5.32 Å². The monoisotopic (exact) mass is 299 g/mol. The van der Waals surface area contributed by atoms with Crippen LogP contribution in [0.3, 0.4) is 0 Å². The summed E-state index contributed by atoms with van der Waals surface area (Å²) in [6.45, 7) is 10.2. The highest BCUT2D eigenvalue weighted by Crippen LogP contribution is 2.43. The summed E-state index contributed by atoms with van der Waals surface area (Å²) in [5.74, 6) is 0. The zero-order valence-electron chi connectivity index (χ0n) is 12.4. The largest absolute Gasteiger partial charge is 0.312 e. The molecule has 3 nitrogen and oxygen atoms in total. The zero-order chi connectivity index (χ0) is 13.9. The Kier molecular flexibility index (Phi) is 5.26. The quantitative estimate of drug-likeness (QED) is 0.895. The number of aryl methyl sites for hydroxylation is 1. The molecule has 0 spiro atoms. The van der Waals surface area contributed by atoms with Gasteiger partial charge in [-0.25, -0.2) is 0 Å². The predicted octanol–water partition coefficient (Wildman–Crippen LogP) is 3.89. The molecule has 2 unspecified atom stereocenters. The van der Waals surface area contributed by atoms with Crippen molar-refractivity contribution in [2.75, 3.05) is 6.54 Å². The number of hydrogen-bond acceptors (Lipinski definition) is 5. The van der Waals surface area contributed by atoms with Crippen LogP contribution in [0.15, 0.2) is 4.34 Å². The Bertz CT molecular complexity index is 403. The number of nitrogens with zero attached hydrogens (tertiary/aromatic N) is 2. The molecule has 1 aromatic rings. The topological polar surface area (TPSA) is 37.8 Å². The minimum atomic E-state index is 0.380. The summed E-state index contributed by atoms with van der Waals surface area (Å²) in [4.78, 5) is 0. The van der Waals surface area contributed by atoms with Crippen molar-refractivity contribution in [3.63, 3.8) is 0 Å². The second kappa shape index (κ2) is 6.55. The van der Waals surface area contributed by atoms with Crippen molar-refractivity contribution >= 4 is 23.1 Å². The first kappa shape index (κ1) is 15.3. The van der Waals surface area contributed by atoms with Crippen molar-refractivity contribution in [3.8, 4) is 0 Å². The fourth-order valence-electron chi connectivity index (χ4n) is 2.87. The summed E-state index contributed by atoms with van der Waals surface area (Å²) in [7, 11) is 0. The minimum absolute atomic E-state index is 0.380. The SMILES string of the molecule is CCCNC1C(Sc2nnc(C)s2)CCCC1(C)C. The zero-order valence-corrected chi connectivity index (χ0v) is 14.0. The average Bonchev–Trinajstić information content (AvgIpc) is 2.73. The fraction of sp³-hybridized carbons (Fsp3) is 0.857. The standard InChI is InChI=1S/C14H25N3S2/c1-5-9-15-12-11(7-6-8-14(12,3)4)19-13-17-16-10(2)18-13/h11-12,15H,5-9H2,1-4H3. The third-order valence-corrected chi connectivity index (χ3v) is 6.16. The molecule has 2 atom stereocenters. The van der Waals surface area contributed by atoms with Gasteiger partial charge in [-0.2, -0.15) is 0 Å². The Morgan fingerprint density at radius 1 is 1.42 bits per heavy atom. The molecule has 108 valence electrons. The van der Waals surface area contributed by atoms with E-state index in [-0.39, 0.29) is 0 Å². The van der Waals surface area contributed by atoms with Gasteiger partial charge in [0.05, 0.1) is 0 Å². The summed E-state index contributed by atoms with van der Waals surface area (Å²) in [5, 5.41) is 13.9. The summed E-state index contributed by atoms with van der Waals surface area (Å²) in [5.41, 5.74) is 0.380. The van der Waals surface area contributed by atoms with Gasteiger partial charge in [-0.15, -0.1) is 10.2 Å². The van der Waals surface area contributed by atoms with Gasteiger partial charge in [0.15, 0.2) is 4.34 Å². The molecule has 0 bridgehead atoms. The number of aromatic nitrogens is 2. The minimum Gasteiger partial charge on any atom is -0.312 e. The molecule has 0 aromatic carbocycles. The lowest BCUT2D eigenvalue weighted by atomic mass is 9.73. The average molecular weight is 300 g/mol. The van der Waals surface area contributed by atoms with E-state index < -0.39 is 0 Å². The molecule has 1 aliphatic rings. The summed E-state index contributed by atoms with van der Waals surface area (Å²) >= 11 is 3.65. The van der Waals surface area contributed by atoms with Gasteiger partial charge in [-0.3, -0.25) is 0 Å². The van der Waals surface area contributed by atoms with Crippen molar-refractivity contribution in [2.45, 2.75) is 69.0 Å². The lowest BCUT2D eigenvalue weighted by Gasteiger charge is -2.44. The molecule has 0 radical (unpaired) electrons. The molecule has 2 rings (SSSR count). The maximum absolute atomic E-state index is 4.28. The first-order valence-electron chi connectivity index (χ1n) is 7.23. The van der Waals surface area contributed by atoms with E-state index in [0.717, 1.165) is 15.9 Å². The summed E-state index contributed by atoms with van der Waals surface area (Å²) in [6.07, 6.45) is 5.13. The van der Waals surface area contributed by atoms with Gasteiger partial charge in [0, 0.05) is 11.3 Å². The van der Waals surface area contributed by atoms with E-state index in [2.05, 4.69) is 36.3 Å². The molecule has 0 aliphatic heterocycles. The number of hydrogen-bond donors (Lipinski definition) is 1. The Balaban J connectivity index is 2.06. The van der Waals surface area contributed by atoms with Crippen LogP contribution in [0.5, 0.6) is 0 Å². The third-order valence-electron chi connectivity index (χ3n) is 3.90. The molecule has 1 heterocycles. The van der Waals surface area contributed by atoms with E-state index in [1.54, 1.807) is 11.3 Å². The Morgan fingerprint density at radius 2 is 2.21 bits per heavy atom. The van der Waals surface area contributed by atoms with Crippen molar-refractivity contribution in [3.05, 3.63) is 5.01 Å². The number of nitrogens with one attached hydrogen (secondary N) is 1. The van der Waals surface area contributed by atoms with Crippen LogP contribution in [-0.4, -0.2) is 28.0 Å². The maximum atomic E-state index is 4.28. The molecule has 0 amide bonds. The second-order valence-corrected chi connectivity index (χ2v) is 8.72. The van der Waals surface area contributed by atoms with Crippen LogP contribution >= 0.6 is 23.1 Å². The van der Waals surface area contributed by atoms with Crippen LogP contribution in [0.25, 0.3) is 0 Å². The van der Waals surface area contributed by atoms with Gasteiger partial charge in [-0.1, -0.05) is 50.3 Å². The molecule has 1 N–H and O–H groups in total.